The molecule has 142 valence electrons. The first kappa shape index (κ1) is 17.6. The maximum Gasteiger partial charge on any atom is 0.328 e. The van der Waals surface area contributed by atoms with Crippen LogP contribution < -0.4 is 0 Å². The van der Waals surface area contributed by atoms with E-state index in [1.807, 2.05) is 31.2 Å². The Bertz CT molecular complexity index is 965. The number of carboxylic acids is 1. The predicted octanol–water partition coefficient (Wildman–Crippen LogP) is 2.70. The van der Waals surface area contributed by atoms with E-state index in [1.165, 1.54) is 4.90 Å². The van der Waals surface area contributed by atoms with Gasteiger partial charge in [-0.1, -0.05) is 38.5 Å². The summed E-state index contributed by atoms with van der Waals surface area (Å²) < 4.78 is 0. The van der Waals surface area contributed by atoms with Gasteiger partial charge in [0.1, 0.15) is 6.04 Å². The molecular formula is C20H23N3O4. The van der Waals surface area contributed by atoms with Crippen LogP contribution in [0.4, 0.5) is 4.79 Å². The van der Waals surface area contributed by atoms with Crippen LogP contribution in [-0.2, 0) is 21.5 Å². The molecule has 1 aromatic heterocycles. The number of para-hydroxylation sites is 1. The molecule has 2 aromatic rings. The molecule has 3 heterocycles. The van der Waals surface area contributed by atoms with Crippen molar-refractivity contribution in [3.8, 4) is 0 Å². The van der Waals surface area contributed by atoms with Crippen LogP contribution >= 0.6 is 0 Å². The van der Waals surface area contributed by atoms with E-state index in [0.717, 1.165) is 21.4 Å². The SMILES string of the molecule is CCC(C)[C@@H](C(=O)O)N1C(=O)N2CCc3c([nH]c4ccccc34)C2(C)C1=O. The molecule has 2 unspecified atom stereocenters. The van der Waals surface area contributed by atoms with Gasteiger partial charge < -0.3 is 15.0 Å². The molecule has 2 aliphatic heterocycles. The molecule has 0 bridgehead atoms. The number of benzene rings is 1. The molecule has 0 radical (unpaired) electrons. The van der Waals surface area contributed by atoms with E-state index in [-0.39, 0.29) is 5.92 Å². The maximum atomic E-state index is 13.5. The molecule has 2 aliphatic rings. The fraction of sp³-hybridized carbons (Fsp3) is 0.450. The highest BCUT2D eigenvalue weighted by Crippen LogP contribution is 2.45. The second kappa shape index (κ2) is 5.84. The first-order valence-corrected chi connectivity index (χ1v) is 9.30. The quantitative estimate of drug-likeness (QED) is 0.810. The number of hydrogen-bond acceptors (Lipinski definition) is 3. The number of H-pyrrole nitrogens is 1. The second-order valence-corrected chi connectivity index (χ2v) is 7.62. The Morgan fingerprint density at radius 3 is 2.70 bits per heavy atom. The molecule has 7 nitrogen and oxygen atoms in total. The number of imide groups is 1. The zero-order chi connectivity index (χ0) is 19.5. The molecule has 4 rings (SSSR count). The third kappa shape index (κ3) is 2.17. The molecule has 0 saturated carbocycles. The van der Waals surface area contributed by atoms with Gasteiger partial charge in [-0.2, -0.15) is 0 Å². The van der Waals surface area contributed by atoms with Crippen molar-refractivity contribution in [2.75, 3.05) is 6.54 Å². The van der Waals surface area contributed by atoms with Crippen molar-refractivity contribution in [1.82, 2.24) is 14.8 Å². The van der Waals surface area contributed by atoms with E-state index in [1.54, 1.807) is 13.8 Å². The van der Waals surface area contributed by atoms with Crippen LogP contribution in [0.1, 0.15) is 38.4 Å². The highest BCUT2D eigenvalue weighted by molar-refractivity contribution is 6.10. The normalized spacial score (nSPS) is 24.1. The number of hydrogen-bond donors (Lipinski definition) is 2. The van der Waals surface area contributed by atoms with Gasteiger partial charge in [0.2, 0.25) is 0 Å². The number of aromatic amines is 1. The molecule has 1 fully saturated rings. The number of aliphatic carboxylic acids is 1. The van der Waals surface area contributed by atoms with E-state index in [4.69, 9.17) is 0 Å². The Labute approximate surface area is 156 Å². The van der Waals surface area contributed by atoms with Gasteiger partial charge in [0, 0.05) is 17.4 Å². The summed E-state index contributed by atoms with van der Waals surface area (Å²) in [5.74, 6) is -1.94. The summed E-state index contributed by atoms with van der Waals surface area (Å²) in [4.78, 5) is 44.3. The molecule has 0 aliphatic carbocycles. The fourth-order valence-electron chi connectivity index (χ4n) is 4.50. The van der Waals surface area contributed by atoms with Gasteiger partial charge in [-0.15, -0.1) is 0 Å². The lowest BCUT2D eigenvalue weighted by atomic mass is 9.86. The summed E-state index contributed by atoms with van der Waals surface area (Å²) in [5, 5.41) is 10.8. The van der Waals surface area contributed by atoms with E-state index < -0.39 is 29.5 Å². The number of rotatable bonds is 4. The third-order valence-electron chi connectivity index (χ3n) is 6.21. The molecule has 3 atom stereocenters. The van der Waals surface area contributed by atoms with Crippen LogP contribution in [-0.4, -0.2) is 50.4 Å². The maximum absolute atomic E-state index is 13.5. The summed E-state index contributed by atoms with van der Waals surface area (Å²) in [7, 11) is 0. The van der Waals surface area contributed by atoms with Crippen LogP contribution in [0.2, 0.25) is 0 Å². The Morgan fingerprint density at radius 1 is 1.33 bits per heavy atom. The van der Waals surface area contributed by atoms with Crippen molar-refractivity contribution in [2.24, 2.45) is 5.92 Å². The number of amides is 3. The van der Waals surface area contributed by atoms with Gasteiger partial charge >= 0.3 is 12.0 Å². The Hall–Kier alpha value is -2.83. The van der Waals surface area contributed by atoms with Crippen molar-refractivity contribution in [3.05, 3.63) is 35.5 Å². The number of aromatic nitrogens is 1. The zero-order valence-electron chi connectivity index (χ0n) is 15.7. The Morgan fingerprint density at radius 2 is 2.04 bits per heavy atom. The van der Waals surface area contributed by atoms with Crippen molar-refractivity contribution >= 4 is 28.8 Å². The number of carbonyl (C=O) groups excluding carboxylic acids is 2. The molecule has 2 N–H and O–H groups in total. The number of fused-ring (bicyclic) bond motifs is 5. The van der Waals surface area contributed by atoms with Gasteiger partial charge in [-0.3, -0.25) is 4.79 Å². The monoisotopic (exact) mass is 369 g/mol. The van der Waals surface area contributed by atoms with Crippen molar-refractivity contribution in [1.29, 1.82) is 0 Å². The summed E-state index contributed by atoms with van der Waals surface area (Å²) in [5.41, 5.74) is 1.44. The lowest BCUT2D eigenvalue weighted by Crippen LogP contribution is -2.50. The zero-order valence-corrected chi connectivity index (χ0v) is 15.7. The van der Waals surface area contributed by atoms with Crippen LogP contribution in [0.15, 0.2) is 24.3 Å². The van der Waals surface area contributed by atoms with Crippen LogP contribution in [0.5, 0.6) is 0 Å². The highest BCUT2D eigenvalue weighted by atomic mass is 16.4. The van der Waals surface area contributed by atoms with Crippen molar-refractivity contribution in [2.45, 2.75) is 45.2 Å². The largest absolute Gasteiger partial charge is 0.480 e. The average molecular weight is 369 g/mol. The second-order valence-electron chi connectivity index (χ2n) is 7.62. The van der Waals surface area contributed by atoms with Gasteiger partial charge in [0.15, 0.2) is 5.54 Å². The summed E-state index contributed by atoms with van der Waals surface area (Å²) in [6.45, 7) is 5.72. The van der Waals surface area contributed by atoms with Crippen LogP contribution in [0.3, 0.4) is 0 Å². The van der Waals surface area contributed by atoms with Gasteiger partial charge in [-0.25, -0.2) is 14.5 Å². The fourth-order valence-corrected chi connectivity index (χ4v) is 4.50. The molecule has 1 aromatic carbocycles. The van der Waals surface area contributed by atoms with E-state index in [0.29, 0.717) is 25.1 Å². The summed E-state index contributed by atoms with van der Waals surface area (Å²) >= 11 is 0. The first-order valence-electron chi connectivity index (χ1n) is 9.30. The van der Waals surface area contributed by atoms with Gasteiger partial charge in [-0.05, 0) is 30.9 Å². The number of carbonyl (C=O) groups is 3. The Kier molecular flexibility index (Phi) is 3.80. The number of urea groups is 1. The molecule has 7 heteroatoms. The van der Waals surface area contributed by atoms with Gasteiger partial charge in [0.05, 0.1) is 5.69 Å². The third-order valence-corrected chi connectivity index (χ3v) is 6.21. The number of nitrogens with zero attached hydrogens (tertiary/aromatic N) is 2. The highest BCUT2D eigenvalue weighted by Gasteiger charge is 2.61. The molecule has 0 spiro atoms. The minimum absolute atomic E-state index is 0.331. The molecular weight excluding hydrogens is 346 g/mol. The minimum Gasteiger partial charge on any atom is -0.480 e. The van der Waals surface area contributed by atoms with Crippen molar-refractivity contribution in [3.63, 3.8) is 0 Å². The number of carboxylic acid groups (broad SMARTS) is 1. The van der Waals surface area contributed by atoms with E-state index >= 15 is 0 Å². The standard InChI is InChI=1S/C20H23N3O4/c1-4-11(2)15(17(24)25)23-18(26)20(3)16-13(9-10-22(20)19(23)27)12-7-5-6-8-14(12)21-16/h5-8,11,15,21H,4,9-10H2,1-3H3,(H,24,25)/t11?,15-,20?/m0/s1. The number of nitrogens with one attached hydrogen (secondary N) is 1. The van der Waals surface area contributed by atoms with Crippen LogP contribution in [0.25, 0.3) is 10.9 Å². The average Bonchev–Trinajstić information content (AvgIpc) is 3.12. The lowest BCUT2D eigenvalue weighted by molar-refractivity contribution is -0.150. The Balaban J connectivity index is 1.87. The topological polar surface area (TPSA) is 93.7 Å². The first-order chi connectivity index (χ1) is 12.8. The van der Waals surface area contributed by atoms with Crippen molar-refractivity contribution < 1.29 is 19.5 Å². The molecule has 27 heavy (non-hydrogen) atoms. The summed E-state index contributed by atoms with van der Waals surface area (Å²) in [6, 6.07) is 6.14. The van der Waals surface area contributed by atoms with Gasteiger partial charge in [0.25, 0.3) is 5.91 Å². The minimum atomic E-state index is -1.20. The lowest BCUT2D eigenvalue weighted by Gasteiger charge is -2.36. The van der Waals surface area contributed by atoms with E-state index in [2.05, 4.69) is 4.98 Å². The summed E-state index contributed by atoms with van der Waals surface area (Å²) in [6.07, 6.45) is 1.19. The predicted molar refractivity (Wildman–Crippen MR) is 99.2 cm³/mol. The van der Waals surface area contributed by atoms with E-state index in [9.17, 15) is 19.5 Å². The smallest absolute Gasteiger partial charge is 0.328 e. The van der Waals surface area contributed by atoms with Crippen LogP contribution in [0, 0.1) is 5.92 Å². The molecule has 1 saturated heterocycles. The molecule has 3 amide bonds.